The molecule has 0 aromatic heterocycles. The van der Waals surface area contributed by atoms with E-state index in [1.807, 2.05) is 13.1 Å². The lowest BCUT2D eigenvalue weighted by atomic mass is 10.1. The first-order valence-electron chi connectivity index (χ1n) is 6.39. The first-order valence-corrected chi connectivity index (χ1v) is 7.18. The molecule has 0 aliphatic carbocycles. The van der Waals surface area contributed by atoms with Crippen molar-refractivity contribution in [1.29, 1.82) is 0 Å². The predicted molar refractivity (Wildman–Crippen MR) is 84.3 cm³/mol. The number of halogens is 1. The SMILES string of the molecule is C=CCCCN(C)c1ccc(C(C)NC)c(Br)c1. The summed E-state index contributed by atoms with van der Waals surface area (Å²) in [6, 6.07) is 6.92. The van der Waals surface area contributed by atoms with Crippen LogP contribution in [0.15, 0.2) is 35.3 Å². The van der Waals surface area contributed by atoms with E-state index in [0.717, 1.165) is 23.9 Å². The third kappa shape index (κ3) is 4.14. The molecule has 1 N–H and O–H groups in total. The maximum Gasteiger partial charge on any atom is 0.0375 e. The standard InChI is InChI=1S/C15H23BrN2/c1-5-6-7-10-18(4)13-8-9-14(12(2)17-3)15(16)11-13/h5,8-9,11-12,17H,1,6-7,10H2,2-4H3. The number of anilines is 1. The van der Waals surface area contributed by atoms with Gasteiger partial charge in [0.1, 0.15) is 0 Å². The van der Waals surface area contributed by atoms with Crippen molar-refractivity contribution in [2.45, 2.75) is 25.8 Å². The van der Waals surface area contributed by atoms with E-state index in [-0.39, 0.29) is 0 Å². The second-order valence-corrected chi connectivity index (χ2v) is 5.42. The summed E-state index contributed by atoms with van der Waals surface area (Å²) in [4.78, 5) is 2.28. The Morgan fingerprint density at radius 1 is 1.50 bits per heavy atom. The summed E-state index contributed by atoms with van der Waals surface area (Å²) in [5.74, 6) is 0. The molecule has 0 spiro atoms. The van der Waals surface area contributed by atoms with Gasteiger partial charge in [0.2, 0.25) is 0 Å². The van der Waals surface area contributed by atoms with Gasteiger partial charge in [0, 0.05) is 29.8 Å². The molecule has 0 heterocycles. The lowest BCUT2D eigenvalue weighted by molar-refractivity contribution is 0.649. The van der Waals surface area contributed by atoms with Crippen LogP contribution in [0.4, 0.5) is 5.69 Å². The number of nitrogens with one attached hydrogen (secondary N) is 1. The predicted octanol–water partition coefficient (Wildman–Crippen LogP) is 4.13. The molecule has 2 nitrogen and oxygen atoms in total. The highest BCUT2D eigenvalue weighted by Crippen LogP contribution is 2.27. The Kier molecular flexibility index (Phi) is 6.44. The van der Waals surface area contributed by atoms with Gasteiger partial charge in [0.05, 0.1) is 0 Å². The highest BCUT2D eigenvalue weighted by atomic mass is 79.9. The van der Waals surface area contributed by atoms with Gasteiger partial charge in [-0.05, 0) is 44.5 Å². The number of hydrogen-bond acceptors (Lipinski definition) is 2. The van der Waals surface area contributed by atoms with E-state index in [2.05, 4.69) is 64.9 Å². The van der Waals surface area contributed by atoms with Gasteiger partial charge in [-0.3, -0.25) is 0 Å². The smallest absolute Gasteiger partial charge is 0.0375 e. The van der Waals surface area contributed by atoms with Gasteiger partial charge in [0.15, 0.2) is 0 Å². The third-order valence-corrected chi connectivity index (χ3v) is 3.91. The van der Waals surface area contributed by atoms with Gasteiger partial charge < -0.3 is 10.2 Å². The van der Waals surface area contributed by atoms with Crippen molar-refractivity contribution in [3.8, 4) is 0 Å². The zero-order valence-corrected chi connectivity index (χ0v) is 13.1. The summed E-state index contributed by atoms with van der Waals surface area (Å²) in [7, 11) is 4.11. The van der Waals surface area contributed by atoms with Crippen LogP contribution < -0.4 is 10.2 Å². The summed E-state index contributed by atoms with van der Waals surface area (Å²) >= 11 is 3.66. The van der Waals surface area contributed by atoms with E-state index < -0.39 is 0 Å². The van der Waals surface area contributed by atoms with Crippen molar-refractivity contribution in [2.24, 2.45) is 0 Å². The van der Waals surface area contributed by atoms with Crippen molar-refractivity contribution in [2.75, 3.05) is 25.5 Å². The van der Waals surface area contributed by atoms with E-state index in [0.29, 0.717) is 6.04 Å². The van der Waals surface area contributed by atoms with Crippen LogP contribution in [0, 0.1) is 0 Å². The van der Waals surface area contributed by atoms with Crippen LogP contribution in [0.2, 0.25) is 0 Å². The largest absolute Gasteiger partial charge is 0.375 e. The van der Waals surface area contributed by atoms with E-state index in [1.54, 1.807) is 0 Å². The first-order chi connectivity index (χ1) is 8.60. The number of benzene rings is 1. The van der Waals surface area contributed by atoms with Crippen molar-refractivity contribution in [1.82, 2.24) is 5.32 Å². The number of allylic oxidation sites excluding steroid dienone is 1. The Labute approximate surface area is 119 Å². The first kappa shape index (κ1) is 15.3. The molecule has 1 aromatic rings. The summed E-state index contributed by atoms with van der Waals surface area (Å²) < 4.78 is 1.16. The number of unbranched alkanes of at least 4 members (excludes halogenated alkanes) is 1. The molecule has 0 radical (unpaired) electrons. The molecule has 1 unspecified atom stereocenters. The summed E-state index contributed by atoms with van der Waals surface area (Å²) in [5.41, 5.74) is 2.54. The van der Waals surface area contributed by atoms with E-state index in [1.165, 1.54) is 11.3 Å². The molecule has 0 fully saturated rings. The van der Waals surface area contributed by atoms with Gasteiger partial charge >= 0.3 is 0 Å². The molecule has 1 aromatic carbocycles. The van der Waals surface area contributed by atoms with Crippen molar-refractivity contribution < 1.29 is 0 Å². The highest BCUT2D eigenvalue weighted by molar-refractivity contribution is 9.10. The third-order valence-electron chi connectivity index (χ3n) is 3.23. The van der Waals surface area contributed by atoms with Crippen LogP contribution in [0.5, 0.6) is 0 Å². The summed E-state index contributed by atoms with van der Waals surface area (Å²) in [6.45, 7) is 6.97. The second kappa shape index (κ2) is 7.59. The van der Waals surface area contributed by atoms with Gasteiger partial charge in [0.25, 0.3) is 0 Å². The molecule has 0 amide bonds. The summed E-state index contributed by atoms with van der Waals surface area (Å²) in [6.07, 6.45) is 4.19. The summed E-state index contributed by atoms with van der Waals surface area (Å²) in [5, 5.41) is 3.26. The molecule has 0 bridgehead atoms. The van der Waals surface area contributed by atoms with Crippen molar-refractivity contribution in [3.05, 3.63) is 40.9 Å². The normalized spacial score (nSPS) is 12.2. The Bertz CT molecular complexity index is 390. The molecule has 18 heavy (non-hydrogen) atoms. The highest BCUT2D eigenvalue weighted by Gasteiger charge is 2.09. The van der Waals surface area contributed by atoms with Crippen LogP contribution in [0.25, 0.3) is 0 Å². The van der Waals surface area contributed by atoms with Gasteiger partial charge in [-0.25, -0.2) is 0 Å². The maximum absolute atomic E-state index is 3.75. The molecule has 1 atom stereocenters. The fourth-order valence-electron chi connectivity index (χ4n) is 1.86. The number of nitrogens with zero attached hydrogens (tertiary/aromatic N) is 1. The Morgan fingerprint density at radius 2 is 2.22 bits per heavy atom. The molecule has 3 heteroatoms. The molecule has 100 valence electrons. The molecule has 1 rings (SSSR count). The van der Waals surface area contributed by atoms with Crippen molar-refractivity contribution in [3.63, 3.8) is 0 Å². The minimum atomic E-state index is 0.361. The van der Waals surface area contributed by atoms with Crippen LogP contribution in [0.3, 0.4) is 0 Å². The topological polar surface area (TPSA) is 15.3 Å². The van der Waals surface area contributed by atoms with Crippen LogP contribution in [-0.2, 0) is 0 Å². The fourth-order valence-corrected chi connectivity index (χ4v) is 2.57. The lowest BCUT2D eigenvalue weighted by Gasteiger charge is -2.21. The average Bonchev–Trinajstić information content (AvgIpc) is 2.38. The molecule has 0 aliphatic rings. The molecular formula is C15H23BrN2. The number of rotatable bonds is 7. The Hall–Kier alpha value is -0.800. The molecule has 0 saturated carbocycles. The van der Waals surface area contributed by atoms with Gasteiger partial charge in [-0.2, -0.15) is 0 Å². The lowest BCUT2D eigenvalue weighted by Crippen LogP contribution is -2.19. The van der Waals surface area contributed by atoms with E-state index >= 15 is 0 Å². The van der Waals surface area contributed by atoms with Crippen LogP contribution >= 0.6 is 15.9 Å². The minimum Gasteiger partial charge on any atom is -0.375 e. The van der Waals surface area contributed by atoms with Crippen LogP contribution in [0.1, 0.15) is 31.4 Å². The monoisotopic (exact) mass is 310 g/mol. The quantitative estimate of drug-likeness (QED) is 0.601. The van der Waals surface area contributed by atoms with Crippen LogP contribution in [-0.4, -0.2) is 20.6 Å². The Balaban J connectivity index is 2.73. The van der Waals surface area contributed by atoms with E-state index in [9.17, 15) is 0 Å². The maximum atomic E-state index is 3.75. The van der Waals surface area contributed by atoms with E-state index in [4.69, 9.17) is 0 Å². The minimum absolute atomic E-state index is 0.361. The second-order valence-electron chi connectivity index (χ2n) is 4.57. The number of hydrogen-bond donors (Lipinski definition) is 1. The van der Waals surface area contributed by atoms with Gasteiger partial charge in [-0.1, -0.05) is 28.1 Å². The zero-order chi connectivity index (χ0) is 13.5. The molecule has 0 saturated heterocycles. The van der Waals surface area contributed by atoms with Crippen molar-refractivity contribution >= 4 is 21.6 Å². The Morgan fingerprint density at radius 3 is 2.78 bits per heavy atom. The fraction of sp³-hybridized carbons (Fsp3) is 0.467. The average molecular weight is 311 g/mol. The zero-order valence-electron chi connectivity index (χ0n) is 11.5. The van der Waals surface area contributed by atoms with Gasteiger partial charge in [-0.15, -0.1) is 6.58 Å². The molecule has 0 aliphatic heterocycles. The molecular weight excluding hydrogens is 288 g/mol.